The molecule has 2 atom stereocenters. The van der Waals surface area contributed by atoms with Crippen molar-refractivity contribution < 1.29 is 13.8 Å². The quantitative estimate of drug-likeness (QED) is 0.796. The van der Waals surface area contributed by atoms with Crippen LogP contribution < -0.4 is 0 Å². The molecule has 4 nitrogen and oxygen atoms in total. The fourth-order valence-corrected chi connectivity index (χ4v) is 2.79. The second kappa shape index (κ2) is 6.62. The van der Waals surface area contributed by atoms with Crippen molar-refractivity contribution in [2.45, 2.75) is 10.8 Å². The van der Waals surface area contributed by atoms with Crippen LogP contribution in [-0.2, 0) is 16.0 Å². The summed E-state index contributed by atoms with van der Waals surface area (Å²) in [6.45, 7) is 0. The van der Waals surface area contributed by atoms with Gasteiger partial charge in [-0.1, -0.05) is 11.6 Å². The zero-order chi connectivity index (χ0) is 14.5. The first-order chi connectivity index (χ1) is 9.61. The number of carbonyl (C=O) groups excluding carboxylic acids is 1. The van der Waals surface area contributed by atoms with Gasteiger partial charge in [-0.05, 0) is 47.6 Å². The number of carbonyl (C=O) groups is 1. The van der Waals surface area contributed by atoms with Crippen LogP contribution in [0.25, 0.3) is 0 Å². The molecule has 0 aliphatic carbocycles. The molecule has 0 N–H and O–H groups in total. The minimum absolute atomic E-state index is 0.236. The summed E-state index contributed by atoms with van der Waals surface area (Å²) in [4.78, 5) is 12.5. The minimum Gasteiger partial charge on any atom is -0.611 e. The fourth-order valence-electron chi connectivity index (χ4n) is 1.63. The lowest BCUT2D eigenvalue weighted by Gasteiger charge is -2.11. The molecule has 0 fully saturated rings. The molecule has 1 heterocycles. The number of nitrogens with zero attached hydrogens (tertiary/aromatic N) is 1. The van der Waals surface area contributed by atoms with Crippen molar-refractivity contribution in [3.05, 3.63) is 53.4 Å². The first-order valence-electron chi connectivity index (χ1n) is 5.71. The lowest BCUT2D eigenvalue weighted by atomic mass is 10.0. The third-order valence-corrected chi connectivity index (χ3v) is 4.23. The molecular formula is C14H10ClNO3S. The van der Waals surface area contributed by atoms with Crippen LogP contribution in [0, 0.1) is 11.3 Å². The molecule has 0 spiro atoms. The van der Waals surface area contributed by atoms with Gasteiger partial charge in [-0.15, -0.1) is 0 Å². The summed E-state index contributed by atoms with van der Waals surface area (Å²) >= 11 is 4.23. The highest BCUT2D eigenvalue weighted by atomic mass is 35.5. The van der Waals surface area contributed by atoms with Crippen molar-refractivity contribution in [3.63, 3.8) is 0 Å². The molecule has 20 heavy (non-hydrogen) atoms. The van der Waals surface area contributed by atoms with Crippen LogP contribution in [0.15, 0.2) is 52.0 Å². The average molecular weight is 308 g/mol. The Labute approximate surface area is 124 Å². The SMILES string of the molecule is N#CC(C(=O)C[S+]([O-])c1ccc(Cl)cc1)c1ccco1. The molecule has 0 radical (unpaired) electrons. The summed E-state index contributed by atoms with van der Waals surface area (Å²) < 4.78 is 17.1. The number of nitriles is 1. The van der Waals surface area contributed by atoms with Gasteiger partial charge in [-0.2, -0.15) is 5.26 Å². The van der Waals surface area contributed by atoms with Gasteiger partial charge in [0.15, 0.2) is 16.6 Å². The van der Waals surface area contributed by atoms with Gasteiger partial charge in [-0.3, -0.25) is 4.79 Å². The van der Waals surface area contributed by atoms with Crippen molar-refractivity contribution in [1.29, 1.82) is 5.26 Å². The zero-order valence-corrected chi connectivity index (χ0v) is 11.9. The molecule has 2 rings (SSSR count). The van der Waals surface area contributed by atoms with Gasteiger partial charge in [0.25, 0.3) is 0 Å². The van der Waals surface area contributed by atoms with E-state index in [9.17, 15) is 9.35 Å². The Hall–Kier alpha value is -1.74. The van der Waals surface area contributed by atoms with Crippen LogP contribution >= 0.6 is 11.6 Å². The second-order valence-corrected chi connectivity index (χ2v) is 5.88. The third kappa shape index (κ3) is 3.42. The number of ketones is 1. The molecule has 2 aromatic rings. The van der Waals surface area contributed by atoms with Crippen molar-refractivity contribution >= 4 is 28.6 Å². The molecule has 0 saturated heterocycles. The van der Waals surface area contributed by atoms with E-state index in [4.69, 9.17) is 21.3 Å². The summed E-state index contributed by atoms with van der Waals surface area (Å²) in [7, 11) is 0. The average Bonchev–Trinajstić information content (AvgIpc) is 2.94. The lowest BCUT2D eigenvalue weighted by Crippen LogP contribution is -2.21. The topological polar surface area (TPSA) is 77.1 Å². The van der Waals surface area contributed by atoms with Gasteiger partial charge in [0.1, 0.15) is 5.76 Å². The van der Waals surface area contributed by atoms with E-state index < -0.39 is 22.9 Å². The van der Waals surface area contributed by atoms with Gasteiger partial charge in [0.05, 0.1) is 12.3 Å². The zero-order valence-electron chi connectivity index (χ0n) is 10.3. The van der Waals surface area contributed by atoms with E-state index in [0.29, 0.717) is 9.92 Å². The van der Waals surface area contributed by atoms with Gasteiger partial charge in [-0.25, -0.2) is 0 Å². The van der Waals surface area contributed by atoms with Crippen LogP contribution in [0.2, 0.25) is 5.02 Å². The summed E-state index contributed by atoms with van der Waals surface area (Å²) in [5.74, 6) is -1.43. The van der Waals surface area contributed by atoms with E-state index in [1.165, 1.54) is 6.26 Å². The van der Waals surface area contributed by atoms with Gasteiger partial charge in [0.2, 0.25) is 5.78 Å². The maximum Gasteiger partial charge on any atom is 0.207 e. The van der Waals surface area contributed by atoms with Crippen molar-refractivity contribution in [1.82, 2.24) is 0 Å². The Morgan fingerprint density at radius 3 is 2.65 bits per heavy atom. The summed E-state index contributed by atoms with van der Waals surface area (Å²) in [5, 5.41) is 9.57. The number of halogens is 1. The van der Waals surface area contributed by atoms with Crippen molar-refractivity contribution in [3.8, 4) is 6.07 Å². The first-order valence-corrected chi connectivity index (χ1v) is 7.41. The Morgan fingerprint density at radius 2 is 2.10 bits per heavy atom. The summed E-state index contributed by atoms with van der Waals surface area (Å²) in [6.07, 6.45) is 1.39. The predicted octanol–water partition coefficient (Wildman–Crippen LogP) is 2.92. The van der Waals surface area contributed by atoms with Crippen LogP contribution in [0.1, 0.15) is 11.7 Å². The highest BCUT2D eigenvalue weighted by Crippen LogP contribution is 2.20. The summed E-state index contributed by atoms with van der Waals surface area (Å²) in [6, 6.07) is 11.4. The number of hydrogen-bond donors (Lipinski definition) is 0. The molecule has 0 bridgehead atoms. The Balaban J connectivity index is 2.07. The predicted molar refractivity (Wildman–Crippen MR) is 74.8 cm³/mol. The maximum absolute atomic E-state index is 12.1. The Kier molecular flexibility index (Phi) is 4.85. The van der Waals surface area contributed by atoms with Crippen molar-refractivity contribution in [2.24, 2.45) is 0 Å². The van der Waals surface area contributed by atoms with Crippen LogP contribution in [-0.4, -0.2) is 16.1 Å². The second-order valence-electron chi connectivity index (χ2n) is 3.99. The van der Waals surface area contributed by atoms with Crippen molar-refractivity contribution in [2.75, 3.05) is 5.75 Å². The molecule has 102 valence electrons. The highest BCUT2D eigenvalue weighted by Gasteiger charge is 2.27. The molecule has 0 aliphatic rings. The first kappa shape index (κ1) is 14.7. The molecule has 0 saturated carbocycles. The largest absolute Gasteiger partial charge is 0.611 e. The van der Waals surface area contributed by atoms with Gasteiger partial charge >= 0.3 is 0 Å². The molecule has 0 amide bonds. The maximum atomic E-state index is 12.1. The van der Waals surface area contributed by atoms with E-state index in [1.54, 1.807) is 36.4 Å². The number of furan rings is 1. The molecule has 2 unspecified atom stereocenters. The van der Waals surface area contributed by atoms with E-state index in [-0.39, 0.29) is 11.5 Å². The number of Topliss-reactive ketones (excluding diaryl/α,β-unsaturated/α-hetero) is 1. The number of benzene rings is 1. The van der Waals surface area contributed by atoms with Crippen LogP contribution in [0.4, 0.5) is 0 Å². The normalized spacial score (nSPS) is 13.4. The highest BCUT2D eigenvalue weighted by molar-refractivity contribution is 7.92. The molecule has 1 aromatic carbocycles. The standard InChI is InChI=1S/C14H10ClNO3S/c15-10-3-5-11(6-4-10)20(18)9-13(17)12(8-16)14-2-1-7-19-14/h1-7,12H,9H2. The number of hydrogen-bond acceptors (Lipinski definition) is 4. The van der Waals surface area contributed by atoms with Crippen LogP contribution in [0.5, 0.6) is 0 Å². The molecule has 0 aliphatic heterocycles. The third-order valence-electron chi connectivity index (χ3n) is 2.63. The monoisotopic (exact) mass is 307 g/mol. The fraction of sp³-hybridized carbons (Fsp3) is 0.143. The van der Waals surface area contributed by atoms with Gasteiger partial charge in [0, 0.05) is 5.02 Å². The van der Waals surface area contributed by atoms with E-state index in [1.807, 2.05) is 6.07 Å². The van der Waals surface area contributed by atoms with E-state index in [0.717, 1.165) is 0 Å². The van der Waals surface area contributed by atoms with Crippen LogP contribution in [0.3, 0.4) is 0 Å². The molecule has 1 aromatic heterocycles. The molecular weight excluding hydrogens is 298 g/mol. The Morgan fingerprint density at radius 1 is 1.40 bits per heavy atom. The van der Waals surface area contributed by atoms with E-state index in [2.05, 4.69) is 0 Å². The summed E-state index contributed by atoms with van der Waals surface area (Å²) in [5.41, 5.74) is 0. The number of rotatable bonds is 5. The van der Waals surface area contributed by atoms with Gasteiger partial charge < -0.3 is 8.97 Å². The minimum atomic E-state index is -1.51. The smallest absolute Gasteiger partial charge is 0.207 e. The molecule has 6 heteroatoms. The Bertz CT molecular complexity index is 619. The van der Waals surface area contributed by atoms with E-state index >= 15 is 0 Å². The lowest BCUT2D eigenvalue weighted by molar-refractivity contribution is -0.117.